The van der Waals surface area contributed by atoms with Crippen LogP contribution in [-0.2, 0) is 12.8 Å². The summed E-state index contributed by atoms with van der Waals surface area (Å²) in [5, 5.41) is 9.82. The van der Waals surface area contributed by atoms with Gasteiger partial charge in [0.25, 0.3) is 0 Å². The fourth-order valence-electron chi connectivity index (χ4n) is 2.01. The van der Waals surface area contributed by atoms with Crippen molar-refractivity contribution in [1.29, 1.82) is 0 Å². The molecule has 1 N–H and O–H groups in total. The summed E-state index contributed by atoms with van der Waals surface area (Å²) in [5.41, 5.74) is 2.60. The number of nitrogens with zero attached hydrogens (tertiary/aromatic N) is 1. The van der Waals surface area contributed by atoms with E-state index in [9.17, 15) is 4.79 Å². The SMILES string of the molecule is CCSc1nc2c(cc1C(=O)O)CCCC2. The van der Waals surface area contributed by atoms with Gasteiger partial charge in [-0.15, -0.1) is 11.8 Å². The molecule has 2 rings (SSSR count). The Balaban J connectivity index is 2.45. The van der Waals surface area contributed by atoms with E-state index in [1.54, 1.807) is 0 Å². The molecule has 0 atom stereocenters. The van der Waals surface area contributed by atoms with Crippen LogP contribution >= 0.6 is 11.8 Å². The third kappa shape index (κ3) is 2.21. The predicted molar refractivity (Wildman–Crippen MR) is 64.2 cm³/mol. The summed E-state index contributed by atoms with van der Waals surface area (Å²) >= 11 is 1.51. The van der Waals surface area contributed by atoms with E-state index in [0.717, 1.165) is 36.3 Å². The smallest absolute Gasteiger partial charge is 0.338 e. The molecule has 3 nitrogen and oxygen atoms in total. The van der Waals surface area contributed by atoms with Gasteiger partial charge >= 0.3 is 5.97 Å². The number of carboxylic acid groups (broad SMARTS) is 1. The lowest BCUT2D eigenvalue weighted by Crippen LogP contribution is -2.10. The quantitative estimate of drug-likeness (QED) is 0.821. The fourth-order valence-corrected chi connectivity index (χ4v) is 2.76. The number of pyridine rings is 1. The van der Waals surface area contributed by atoms with Crippen molar-refractivity contribution in [2.75, 3.05) is 5.75 Å². The van der Waals surface area contributed by atoms with Crippen molar-refractivity contribution in [3.05, 3.63) is 22.9 Å². The van der Waals surface area contributed by atoms with Gasteiger partial charge in [0, 0.05) is 5.69 Å². The number of hydrogen-bond donors (Lipinski definition) is 1. The van der Waals surface area contributed by atoms with E-state index in [0.29, 0.717) is 10.6 Å². The summed E-state index contributed by atoms with van der Waals surface area (Å²) in [6.07, 6.45) is 4.28. The zero-order valence-corrected chi connectivity index (χ0v) is 10.1. The van der Waals surface area contributed by atoms with Gasteiger partial charge in [-0.3, -0.25) is 0 Å². The average molecular weight is 237 g/mol. The summed E-state index contributed by atoms with van der Waals surface area (Å²) in [5.74, 6) is -0.0108. The number of fused-ring (bicyclic) bond motifs is 1. The first-order valence-electron chi connectivity index (χ1n) is 5.61. The Morgan fingerprint density at radius 1 is 1.50 bits per heavy atom. The third-order valence-electron chi connectivity index (χ3n) is 2.78. The van der Waals surface area contributed by atoms with Crippen LogP contribution in [0.5, 0.6) is 0 Å². The summed E-state index contributed by atoms with van der Waals surface area (Å²) < 4.78 is 0. The first-order chi connectivity index (χ1) is 7.72. The molecule has 16 heavy (non-hydrogen) atoms. The van der Waals surface area contributed by atoms with Crippen molar-refractivity contribution < 1.29 is 9.90 Å². The first-order valence-corrected chi connectivity index (χ1v) is 6.59. The molecule has 0 aliphatic heterocycles. The molecule has 0 saturated carbocycles. The van der Waals surface area contributed by atoms with E-state index in [2.05, 4.69) is 4.98 Å². The molecule has 1 aromatic heterocycles. The van der Waals surface area contributed by atoms with Gasteiger partial charge < -0.3 is 5.11 Å². The molecule has 0 amide bonds. The van der Waals surface area contributed by atoms with E-state index >= 15 is 0 Å². The highest BCUT2D eigenvalue weighted by atomic mass is 32.2. The zero-order chi connectivity index (χ0) is 11.5. The molecule has 0 spiro atoms. The Morgan fingerprint density at radius 3 is 2.94 bits per heavy atom. The number of aryl methyl sites for hydroxylation is 2. The standard InChI is InChI=1S/C12H15NO2S/c1-2-16-11-9(12(14)15)7-8-5-3-4-6-10(8)13-11/h7H,2-6H2,1H3,(H,14,15). The molecule has 1 aliphatic rings. The Morgan fingerprint density at radius 2 is 2.25 bits per heavy atom. The van der Waals surface area contributed by atoms with Crippen LogP contribution in [0, 0.1) is 0 Å². The molecular formula is C12H15NO2S. The highest BCUT2D eigenvalue weighted by Crippen LogP contribution is 2.27. The number of rotatable bonds is 3. The number of carboxylic acids is 1. The number of thioether (sulfide) groups is 1. The summed E-state index contributed by atoms with van der Waals surface area (Å²) in [4.78, 5) is 15.6. The Labute approximate surface area is 99.3 Å². The van der Waals surface area contributed by atoms with Crippen LogP contribution in [0.25, 0.3) is 0 Å². The maximum Gasteiger partial charge on any atom is 0.338 e. The second kappa shape index (κ2) is 4.87. The van der Waals surface area contributed by atoms with Gasteiger partial charge in [-0.1, -0.05) is 6.92 Å². The monoisotopic (exact) mass is 237 g/mol. The van der Waals surface area contributed by atoms with E-state index in [1.807, 2.05) is 13.0 Å². The lowest BCUT2D eigenvalue weighted by molar-refractivity contribution is 0.0692. The summed E-state index contributed by atoms with van der Waals surface area (Å²) in [6.45, 7) is 2.01. The second-order valence-corrected chi connectivity index (χ2v) is 5.14. The van der Waals surface area contributed by atoms with Crippen LogP contribution in [0.3, 0.4) is 0 Å². The van der Waals surface area contributed by atoms with E-state index < -0.39 is 5.97 Å². The van der Waals surface area contributed by atoms with Crippen LogP contribution < -0.4 is 0 Å². The lowest BCUT2D eigenvalue weighted by atomic mass is 9.95. The van der Waals surface area contributed by atoms with E-state index in [-0.39, 0.29) is 0 Å². The van der Waals surface area contributed by atoms with Crippen LogP contribution in [0.1, 0.15) is 41.4 Å². The van der Waals surface area contributed by atoms with Gasteiger partial charge in [-0.2, -0.15) is 0 Å². The molecule has 0 unspecified atom stereocenters. The van der Waals surface area contributed by atoms with Crippen molar-refractivity contribution in [1.82, 2.24) is 4.98 Å². The molecule has 1 heterocycles. The van der Waals surface area contributed by atoms with Crippen LogP contribution in [0.15, 0.2) is 11.1 Å². The molecule has 1 aliphatic carbocycles. The highest BCUT2D eigenvalue weighted by molar-refractivity contribution is 7.99. The number of carbonyl (C=O) groups is 1. The minimum Gasteiger partial charge on any atom is -0.478 e. The van der Waals surface area contributed by atoms with Crippen molar-refractivity contribution in [3.8, 4) is 0 Å². The van der Waals surface area contributed by atoms with Crippen molar-refractivity contribution in [2.24, 2.45) is 0 Å². The molecule has 0 saturated heterocycles. The average Bonchev–Trinajstić information content (AvgIpc) is 2.28. The van der Waals surface area contributed by atoms with Crippen molar-refractivity contribution >= 4 is 17.7 Å². The second-order valence-electron chi connectivity index (χ2n) is 3.89. The van der Waals surface area contributed by atoms with Gasteiger partial charge in [0.2, 0.25) is 0 Å². The molecule has 0 radical (unpaired) electrons. The minimum atomic E-state index is -0.864. The van der Waals surface area contributed by atoms with Gasteiger partial charge in [-0.25, -0.2) is 9.78 Å². The Bertz CT molecular complexity index is 418. The third-order valence-corrected chi connectivity index (χ3v) is 3.65. The fraction of sp³-hybridized carbons (Fsp3) is 0.500. The van der Waals surface area contributed by atoms with Crippen LogP contribution in [0.4, 0.5) is 0 Å². The van der Waals surface area contributed by atoms with Gasteiger partial charge in [0.1, 0.15) is 5.03 Å². The number of hydrogen-bond acceptors (Lipinski definition) is 3. The van der Waals surface area contributed by atoms with Crippen molar-refractivity contribution in [3.63, 3.8) is 0 Å². The van der Waals surface area contributed by atoms with Crippen LogP contribution in [-0.4, -0.2) is 21.8 Å². The predicted octanol–water partition coefficient (Wildman–Crippen LogP) is 2.77. The number of aromatic carboxylic acids is 1. The van der Waals surface area contributed by atoms with Gasteiger partial charge in [-0.05, 0) is 43.1 Å². The maximum atomic E-state index is 11.1. The Hall–Kier alpha value is -1.03. The normalized spacial score (nSPS) is 14.6. The van der Waals surface area contributed by atoms with Gasteiger partial charge in [0.05, 0.1) is 5.56 Å². The molecular weight excluding hydrogens is 222 g/mol. The molecule has 0 fully saturated rings. The molecule has 4 heteroatoms. The minimum absolute atomic E-state index is 0.368. The van der Waals surface area contributed by atoms with Crippen LogP contribution in [0.2, 0.25) is 0 Å². The molecule has 0 bridgehead atoms. The zero-order valence-electron chi connectivity index (χ0n) is 9.32. The van der Waals surface area contributed by atoms with E-state index in [1.165, 1.54) is 18.2 Å². The Kier molecular flexibility index (Phi) is 3.49. The molecule has 1 aromatic rings. The first kappa shape index (κ1) is 11.5. The van der Waals surface area contributed by atoms with Gasteiger partial charge in [0.15, 0.2) is 0 Å². The molecule has 86 valence electrons. The highest BCUT2D eigenvalue weighted by Gasteiger charge is 2.18. The summed E-state index contributed by atoms with van der Waals surface area (Å²) in [7, 11) is 0. The van der Waals surface area contributed by atoms with E-state index in [4.69, 9.17) is 5.11 Å². The molecule has 0 aromatic carbocycles. The topological polar surface area (TPSA) is 50.2 Å². The number of aromatic nitrogens is 1. The lowest BCUT2D eigenvalue weighted by Gasteiger charge is -2.16. The van der Waals surface area contributed by atoms with Crippen molar-refractivity contribution in [2.45, 2.75) is 37.6 Å². The largest absolute Gasteiger partial charge is 0.478 e. The summed E-state index contributed by atoms with van der Waals surface area (Å²) in [6, 6.07) is 1.82. The maximum absolute atomic E-state index is 11.1.